The van der Waals surface area contributed by atoms with E-state index in [0.29, 0.717) is 5.56 Å². The summed E-state index contributed by atoms with van der Waals surface area (Å²) < 4.78 is 1.52. The van der Waals surface area contributed by atoms with Crippen LogP contribution in [-0.4, -0.2) is 45.2 Å². The Labute approximate surface area is 122 Å². The van der Waals surface area contributed by atoms with Crippen molar-refractivity contribution in [3.63, 3.8) is 0 Å². The molecule has 1 aliphatic heterocycles. The summed E-state index contributed by atoms with van der Waals surface area (Å²) in [5.74, 6) is -0.0661. The van der Waals surface area contributed by atoms with Crippen molar-refractivity contribution in [2.24, 2.45) is 0 Å². The van der Waals surface area contributed by atoms with Crippen LogP contribution >= 0.6 is 12.4 Å². The second kappa shape index (κ2) is 6.44. The molecule has 0 bridgehead atoms. The standard InChI is InChI=1S/C12H14N6O.ClH/c19-12(15-10-4-5-13-7-10)9-2-1-3-11(6-9)18-8-14-16-17-18;/h1-3,6,8,10,13H,4-5,7H2,(H,15,19);1H. The van der Waals surface area contributed by atoms with Gasteiger partial charge in [0.25, 0.3) is 5.91 Å². The highest BCUT2D eigenvalue weighted by atomic mass is 35.5. The third kappa shape index (κ3) is 3.12. The molecule has 2 N–H and O–H groups in total. The number of hydrogen-bond donors (Lipinski definition) is 2. The molecule has 7 nitrogen and oxygen atoms in total. The van der Waals surface area contributed by atoms with Crippen LogP contribution in [0.15, 0.2) is 30.6 Å². The number of nitrogens with zero attached hydrogens (tertiary/aromatic N) is 4. The van der Waals surface area contributed by atoms with E-state index in [1.807, 2.05) is 12.1 Å². The molecule has 1 fully saturated rings. The van der Waals surface area contributed by atoms with Crippen molar-refractivity contribution in [3.05, 3.63) is 36.2 Å². The summed E-state index contributed by atoms with van der Waals surface area (Å²) >= 11 is 0. The van der Waals surface area contributed by atoms with Crippen molar-refractivity contribution in [1.29, 1.82) is 0 Å². The van der Waals surface area contributed by atoms with Crippen molar-refractivity contribution in [2.45, 2.75) is 12.5 Å². The van der Waals surface area contributed by atoms with Crippen LogP contribution in [0.4, 0.5) is 0 Å². The number of aromatic nitrogens is 4. The number of carbonyl (C=O) groups is 1. The third-order valence-electron chi connectivity index (χ3n) is 3.12. The van der Waals surface area contributed by atoms with E-state index in [4.69, 9.17) is 0 Å². The molecule has 2 aromatic rings. The van der Waals surface area contributed by atoms with Gasteiger partial charge in [-0.25, -0.2) is 4.68 Å². The first-order chi connectivity index (χ1) is 9.33. The second-order valence-corrected chi connectivity index (χ2v) is 4.47. The van der Waals surface area contributed by atoms with Crippen molar-refractivity contribution in [3.8, 4) is 5.69 Å². The van der Waals surface area contributed by atoms with Crippen LogP contribution in [0.2, 0.25) is 0 Å². The molecule has 1 unspecified atom stereocenters. The Bertz CT molecular complexity index is 567. The Morgan fingerprint density at radius 3 is 3.05 bits per heavy atom. The van der Waals surface area contributed by atoms with Crippen LogP contribution in [0.25, 0.3) is 5.69 Å². The zero-order valence-electron chi connectivity index (χ0n) is 10.7. The number of rotatable bonds is 3. The minimum atomic E-state index is -0.0661. The molecule has 1 aromatic heterocycles. The molecule has 20 heavy (non-hydrogen) atoms. The minimum absolute atomic E-state index is 0. The summed E-state index contributed by atoms with van der Waals surface area (Å²) in [7, 11) is 0. The SMILES string of the molecule is Cl.O=C(NC1CCNC1)c1cccc(-n2cnnn2)c1. The summed E-state index contributed by atoms with van der Waals surface area (Å²) in [6, 6.07) is 7.44. The average molecular weight is 295 g/mol. The Morgan fingerprint density at radius 2 is 2.35 bits per heavy atom. The van der Waals surface area contributed by atoms with Crippen molar-refractivity contribution < 1.29 is 4.79 Å². The normalized spacial score (nSPS) is 17.5. The van der Waals surface area contributed by atoms with E-state index < -0.39 is 0 Å². The molecule has 1 aliphatic rings. The van der Waals surface area contributed by atoms with Crippen LogP contribution in [0.3, 0.4) is 0 Å². The highest BCUT2D eigenvalue weighted by Crippen LogP contribution is 2.09. The summed E-state index contributed by atoms with van der Waals surface area (Å²) in [4.78, 5) is 12.1. The number of nitrogens with one attached hydrogen (secondary N) is 2. The molecule has 0 radical (unpaired) electrons. The van der Waals surface area contributed by atoms with Crippen LogP contribution < -0.4 is 10.6 Å². The Morgan fingerprint density at radius 1 is 1.45 bits per heavy atom. The number of benzene rings is 1. The monoisotopic (exact) mass is 294 g/mol. The van der Waals surface area contributed by atoms with Crippen LogP contribution in [-0.2, 0) is 0 Å². The highest BCUT2D eigenvalue weighted by Gasteiger charge is 2.17. The molecule has 8 heteroatoms. The average Bonchev–Trinajstić information content (AvgIpc) is 3.12. The van der Waals surface area contributed by atoms with Gasteiger partial charge >= 0.3 is 0 Å². The fourth-order valence-corrected chi connectivity index (χ4v) is 2.12. The van der Waals surface area contributed by atoms with Crippen molar-refractivity contribution >= 4 is 18.3 Å². The zero-order chi connectivity index (χ0) is 13.1. The molecule has 1 aromatic carbocycles. The lowest BCUT2D eigenvalue weighted by Crippen LogP contribution is -2.36. The van der Waals surface area contributed by atoms with Gasteiger partial charge in [-0.15, -0.1) is 17.5 Å². The zero-order valence-corrected chi connectivity index (χ0v) is 11.5. The molecule has 3 rings (SSSR count). The first kappa shape index (κ1) is 14.4. The van der Waals surface area contributed by atoms with E-state index in [9.17, 15) is 4.79 Å². The number of halogens is 1. The molecule has 0 spiro atoms. The fourth-order valence-electron chi connectivity index (χ4n) is 2.12. The molecule has 1 amide bonds. The van der Waals surface area contributed by atoms with Gasteiger partial charge in [-0.1, -0.05) is 6.07 Å². The molecule has 1 saturated heterocycles. The van der Waals surface area contributed by atoms with Gasteiger partial charge in [0.1, 0.15) is 6.33 Å². The molecule has 0 saturated carbocycles. The maximum Gasteiger partial charge on any atom is 0.251 e. The van der Waals surface area contributed by atoms with E-state index in [0.717, 1.165) is 25.2 Å². The summed E-state index contributed by atoms with van der Waals surface area (Å²) in [6.07, 6.45) is 2.47. The molecule has 106 valence electrons. The lowest BCUT2D eigenvalue weighted by atomic mass is 10.1. The highest BCUT2D eigenvalue weighted by molar-refractivity contribution is 5.94. The van der Waals surface area contributed by atoms with Gasteiger partial charge in [-0.2, -0.15) is 0 Å². The molecule has 1 atom stereocenters. The summed E-state index contributed by atoms with van der Waals surface area (Å²) in [5.41, 5.74) is 1.38. The molecule has 0 aliphatic carbocycles. The van der Waals surface area contributed by atoms with E-state index in [1.54, 1.807) is 12.1 Å². The minimum Gasteiger partial charge on any atom is -0.348 e. The van der Waals surface area contributed by atoms with Crippen molar-refractivity contribution in [2.75, 3.05) is 13.1 Å². The van der Waals surface area contributed by atoms with E-state index in [1.165, 1.54) is 11.0 Å². The van der Waals surface area contributed by atoms with Gasteiger partial charge < -0.3 is 10.6 Å². The second-order valence-electron chi connectivity index (χ2n) is 4.47. The largest absolute Gasteiger partial charge is 0.348 e. The lowest BCUT2D eigenvalue weighted by Gasteiger charge is -2.11. The smallest absolute Gasteiger partial charge is 0.251 e. The lowest BCUT2D eigenvalue weighted by molar-refractivity contribution is 0.0940. The topological polar surface area (TPSA) is 84.7 Å². The van der Waals surface area contributed by atoms with E-state index in [2.05, 4.69) is 26.2 Å². The third-order valence-corrected chi connectivity index (χ3v) is 3.12. The quantitative estimate of drug-likeness (QED) is 0.843. The maximum atomic E-state index is 12.1. The van der Waals surface area contributed by atoms with Crippen molar-refractivity contribution in [1.82, 2.24) is 30.8 Å². The number of hydrogen-bond acceptors (Lipinski definition) is 5. The van der Waals surface area contributed by atoms with Crippen LogP contribution in [0.5, 0.6) is 0 Å². The number of tetrazole rings is 1. The van der Waals surface area contributed by atoms with E-state index in [-0.39, 0.29) is 24.4 Å². The molecule has 2 heterocycles. The predicted octanol–water partition coefficient (Wildman–Crippen LogP) is 0.176. The first-order valence-electron chi connectivity index (χ1n) is 6.18. The molecular formula is C12H15ClN6O. The van der Waals surface area contributed by atoms with Gasteiger partial charge in [0.15, 0.2) is 0 Å². The first-order valence-corrected chi connectivity index (χ1v) is 6.18. The van der Waals surface area contributed by atoms with Gasteiger partial charge in [-0.3, -0.25) is 4.79 Å². The summed E-state index contributed by atoms with van der Waals surface area (Å²) in [6.45, 7) is 1.79. The number of carbonyl (C=O) groups excluding carboxylic acids is 1. The van der Waals surface area contributed by atoms with E-state index >= 15 is 0 Å². The number of amides is 1. The van der Waals surface area contributed by atoms with Crippen LogP contribution in [0, 0.1) is 0 Å². The molecular weight excluding hydrogens is 280 g/mol. The van der Waals surface area contributed by atoms with Crippen LogP contribution in [0.1, 0.15) is 16.8 Å². The van der Waals surface area contributed by atoms with Gasteiger partial charge in [0.05, 0.1) is 5.69 Å². The predicted molar refractivity (Wildman–Crippen MR) is 75.1 cm³/mol. The maximum absolute atomic E-state index is 12.1. The fraction of sp³-hybridized carbons (Fsp3) is 0.333. The summed E-state index contributed by atoms with van der Waals surface area (Å²) in [5, 5.41) is 17.2. The van der Waals surface area contributed by atoms with Gasteiger partial charge in [-0.05, 0) is 41.6 Å². The Hall–Kier alpha value is -1.99. The Balaban J connectivity index is 0.00000147. The Kier molecular flexibility index (Phi) is 4.65. The van der Waals surface area contributed by atoms with Gasteiger partial charge in [0.2, 0.25) is 0 Å². The van der Waals surface area contributed by atoms with Gasteiger partial charge in [0, 0.05) is 18.2 Å².